The maximum absolute atomic E-state index is 5.87. The zero-order chi connectivity index (χ0) is 10.6. The molecule has 78 valence electrons. The fraction of sp³-hybridized carbons (Fsp3) is 0.455. The topological polar surface area (TPSA) is 35.2 Å². The van der Waals surface area contributed by atoms with Gasteiger partial charge < -0.3 is 10.5 Å². The Hall–Kier alpha value is -0.450. The molecule has 0 aliphatic carbocycles. The summed E-state index contributed by atoms with van der Waals surface area (Å²) in [5.41, 5.74) is 7.84. The van der Waals surface area contributed by atoms with Crippen molar-refractivity contribution in [1.82, 2.24) is 0 Å². The second-order valence-corrected chi connectivity index (χ2v) is 4.54. The summed E-state index contributed by atoms with van der Waals surface area (Å²) in [6.45, 7) is 2.18. The molecule has 14 heavy (non-hydrogen) atoms. The number of unbranched alkanes of at least 4 members (excludes halogenated alkanes) is 1. The van der Waals surface area contributed by atoms with Crippen LogP contribution in [0.2, 0.25) is 0 Å². The third kappa shape index (κ3) is 2.77. The molecular weight excluding hydrogens is 289 g/mol. The van der Waals surface area contributed by atoms with Crippen LogP contribution in [-0.4, -0.2) is 7.11 Å². The average molecular weight is 305 g/mol. The number of hydrogen-bond acceptors (Lipinski definition) is 2. The molecule has 0 atom stereocenters. The summed E-state index contributed by atoms with van der Waals surface area (Å²) in [5.74, 6) is 0.846. The standard InChI is InChI=1S/C11H16INO/c1-3-4-5-8-6-9(12)7-10(13)11(8)14-2/h6-7H,3-5,13H2,1-2H3. The van der Waals surface area contributed by atoms with E-state index in [1.54, 1.807) is 7.11 Å². The molecule has 1 aromatic rings. The molecule has 0 radical (unpaired) electrons. The number of benzene rings is 1. The Morgan fingerprint density at radius 2 is 2.14 bits per heavy atom. The highest BCUT2D eigenvalue weighted by Crippen LogP contribution is 2.29. The number of hydrogen-bond donors (Lipinski definition) is 1. The third-order valence-electron chi connectivity index (χ3n) is 2.16. The van der Waals surface area contributed by atoms with Gasteiger partial charge in [0.2, 0.25) is 0 Å². The lowest BCUT2D eigenvalue weighted by Crippen LogP contribution is -1.98. The minimum atomic E-state index is 0.741. The maximum Gasteiger partial charge on any atom is 0.144 e. The molecule has 0 amide bonds. The van der Waals surface area contributed by atoms with E-state index in [1.807, 2.05) is 6.07 Å². The highest BCUT2D eigenvalue weighted by atomic mass is 127. The van der Waals surface area contributed by atoms with Gasteiger partial charge in [-0.2, -0.15) is 0 Å². The van der Waals surface area contributed by atoms with E-state index < -0.39 is 0 Å². The van der Waals surface area contributed by atoms with E-state index >= 15 is 0 Å². The number of nitrogens with two attached hydrogens (primary N) is 1. The van der Waals surface area contributed by atoms with Gasteiger partial charge in [0, 0.05) is 3.57 Å². The lowest BCUT2D eigenvalue weighted by Gasteiger charge is -2.11. The van der Waals surface area contributed by atoms with Crippen molar-refractivity contribution >= 4 is 28.3 Å². The SMILES string of the molecule is CCCCc1cc(I)cc(N)c1OC. The number of ether oxygens (including phenoxy) is 1. The lowest BCUT2D eigenvalue weighted by molar-refractivity contribution is 0.411. The monoisotopic (exact) mass is 305 g/mol. The Morgan fingerprint density at radius 1 is 1.43 bits per heavy atom. The van der Waals surface area contributed by atoms with Crippen LogP contribution in [0.15, 0.2) is 12.1 Å². The molecular formula is C11H16INO. The first-order valence-electron chi connectivity index (χ1n) is 4.81. The van der Waals surface area contributed by atoms with Crippen LogP contribution in [0.1, 0.15) is 25.3 Å². The van der Waals surface area contributed by atoms with Crippen molar-refractivity contribution in [2.24, 2.45) is 0 Å². The van der Waals surface area contributed by atoms with Crippen molar-refractivity contribution in [2.45, 2.75) is 26.2 Å². The molecule has 0 bridgehead atoms. The predicted octanol–water partition coefficient (Wildman–Crippen LogP) is 3.22. The zero-order valence-electron chi connectivity index (χ0n) is 8.64. The van der Waals surface area contributed by atoms with Gasteiger partial charge in [-0.3, -0.25) is 0 Å². The normalized spacial score (nSPS) is 10.2. The molecule has 2 nitrogen and oxygen atoms in total. The Morgan fingerprint density at radius 3 is 2.71 bits per heavy atom. The smallest absolute Gasteiger partial charge is 0.144 e. The van der Waals surface area contributed by atoms with Gasteiger partial charge in [0.15, 0.2) is 0 Å². The van der Waals surface area contributed by atoms with Crippen molar-refractivity contribution in [3.8, 4) is 5.75 Å². The van der Waals surface area contributed by atoms with Crippen molar-refractivity contribution in [3.05, 3.63) is 21.3 Å². The fourth-order valence-electron chi connectivity index (χ4n) is 1.48. The Labute approximate surface area is 99.0 Å². The van der Waals surface area contributed by atoms with E-state index in [1.165, 1.54) is 22.0 Å². The molecule has 0 saturated carbocycles. The molecule has 0 aliphatic rings. The summed E-state index contributed by atoms with van der Waals surface area (Å²) < 4.78 is 6.47. The highest BCUT2D eigenvalue weighted by Gasteiger charge is 2.07. The quantitative estimate of drug-likeness (QED) is 0.685. The first-order valence-corrected chi connectivity index (χ1v) is 5.88. The molecule has 0 aromatic heterocycles. The van der Waals surface area contributed by atoms with E-state index in [0.717, 1.165) is 17.9 Å². The summed E-state index contributed by atoms with van der Waals surface area (Å²) in [7, 11) is 1.67. The van der Waals surface area contributed by atoms with Crippen LogP contribution >= 0.6 is 22.6 Å². The summed E-state index contributed by atoms with van der Waals surface area (Å²) in [4.78, 5) is 0. The van der Waals surface area contributed by atoms with Gasteiger partial charge in [-0.1, -0.05) is 13.3 Å². The van der Waals surface area contributed by atoms with E-state index in [4.69, 9.17) is 10.5 Å². The van der Waals surface area contributed by atoms with Crippen LogP contribution in [0.4, 0.5) is 5.69 Å². The molecule has 0 unspecified atom stereocenters. The molecule has 0 saturated heterocycles. The largest absolute Gasteiger partial charge is 0.494 e. The van der Waals surface area contributed by atoms with E-state index in [2.05, 4.69) is 35.6 Å². The van der Waals surface area contributed by atoms with Crippen molar-refractivity contribution in [3.63, 3.8) is 0 Å². The number of aryl methyl sites for hydroxylation is 1. The summed E-state index contributed by atoms with van der Waals surface area (Å²) >= 11 is 2.28. The first-order chi connectivity index (χ1) is 6.69. The Balaban J connectivity index is 2.99. The predicted molar refractivity (Wildman–Crippen MR) is 68.7 cm³/mol. The number of rotatable bonds is 4. The van der Waals surface area contributed by atoms with Gasteiger partial charge in [0.05, 0.1) is 12.8 Å². The maximum atomic E-state index is 5.87. The second-order valence-electron chi connectivity index (χ2n) is 3.29. The first kappa shape index (κ1) is 11.6. The van der Waals surface area contributed by atoms with Crippen LogP contribution < -0.4 is 10.5 Å². The molecule has 3 heteroatoms. The minimum absolute atomic E-state index is 0.741. The van der Waals surface area contributed by atoms with E-state index in [9.17, 15) is 0 Å². The summed E-state index contributed by atoms with van der Waals surface area (Å²) in [6, 6.07) is 4.08. The molecule has 0 fully saturated rings. The van der Waals surface area contributed by atoms with Crippen molar-refractivity contribution < 1.29 is 4.74 Å². The van der Waals surface area contributed by atoms with Gasteiger partial charge in [-0.25, -0.2) is 0 Å². The van der Waals surface area contributed by atoms with E-state index in [-0.39, 0.29) is 0 Å². The van der Waals surface area contributed by atoms with Crippen LogP contribution in [0.25, 0.3) is 0 Å². The number of nitrogen functional groups attached to an aromatic ring is 1. The van der Waals surface area contributed by atoms with Gasteiger partial charge >= 0.3 is 0 Å². The highest BCUT2D eigenvalue weighted by molar-refractivity contribution is 14.1. The van der Waals surface area contributed by atoms with Crippen LogP contribution in [0.3, 0.4) is 0 Å². The van der Waals surface area contributed by atoms with Gasteiger partial charge in [0.25, 0.3) is 0 Å². The Kier molecular flexibility index (Phi) is 4.51. The zero-order valence-corrected chi connectivity index (χ0v) is 10.8. The summed E-state index contributed by atoms with van der Waals surface area (Å²) in [6.07, 6.45) is 3.41. The number of halogens is 1. The van der Waals surface area contributed by atoms with E-state index in [0.29, 0.717) is 0 Å². The molecule has 0 spiro atoms. The molecule has 2 N–H and O–H groups in total. The van der Waals surface area contributed by atoms with Gasteiger partial charge in [-0.15, -0.1) is 0 Å². The van der Waals surface area contributed by atoms with Gasteiger partial charge in [0.1, 0.15) is 5.75 Å². The lowest BCUT2D eigenvalue weighted by atomic mass is 10.1. The molecule has 1 aromatic carbocycles. The molecule has 0 aliphatic heterocycles. The fourth-order valence-corrected chi connectivity index (χ4v) is 2.19. The number of methoxy groups -OCH3 is 1. The van der Waals surface area contributed by atoms with Crippen molar-refractivity contribution in [1.29, 1.82) is 0 Å². The van der Waals surface area contributed by atoms with Crippen LogP contribution in [0.5, 0.6) is 5.75 Å². The van der Waals surface area contributed by atoms with Crippen LogP contribution in [0, 0.1) is 3.57 Å². The average Bonchev–Trinajstić information content (AvgIpc) is 2.14. The molecule has 0 heterocycles. The van der Waals surface area contributed by atoms with Crippen molar-refractivity contribution in [2.75, 3.05) is 12.8 Å². The second kappa shape index (κ2) is 5.44. The van der Waals surface area contributed by atoms with Crippen LogP contribution in [-0.2, 0) is 6.42 Å². The Bertz CT molecular complexity index is 312. The third-order valence-corrected chi connectivity index (χ3v) is 2.79. The number of anilines is 1. The summed E-state index contributed by atoms with van der Waals surface area (Å²) in [5, 5.41) is 0. The molecule has 1 rings (SSSR count). The minimum Gasteiger partial charge on any atom is -0.494 e. The van der Waals surface area contributed by atoms with Gasteiger partial charge in [-0.05, 0) is 53.1 Å².